The number of nitrogens with one attached hydrogen (secondary N) is 2. The van der Waals surface area contributed by atoms with Gasteiger partial charge in [-0.1, -0.05) is 0 Å². The summed E-state index contributed by atoms with van der Waals surface area (Å²) < 4.78 is 25.5. The first-order chi connectivity index (χ1) is 9.82. The molecule has 1 saturated carbocycles. The van der Waals surface area contributed by atoms with Crippen molar-refractivity contribution in [3.8, 4) is 0 Å². The molecule has 1 fully saturated rings. The van der Waals surface area contributed by atoms with Crippen molar-refractivity contribution in [3.63, 3.8) is 0 Å². The molecule has 116 valence electrons. The molecule has 2 rings (SSSR count). The average Bonchev–Trinajstić information content (AvgIpc) is 3.32. The summed E-state index contributed by atoms with van der Waals surface area (Å²) in [6, 6.07) is 5.84. The average molecular weight is 311 g/mol. The smallest absolute Gasteiger partial charge is 0.251 e. The first-order valence-electron chi connectivity index (χ1n) is 6.88. The molecule has 0 bridgehead atoms. The van der Waals surface area contributed by atoms with E-state index in [2.05, 4.69) is 10.0 Å². The zero-order valence-corrected chi connectivity index (χ0v) is 13.0. The molecule has 1 aromatic rings. The van der Waals surface area contributed by atoms with Gasteiger partial charge >= 0.3 is 0 Å². The molecule has 0 spiro atoms. The maximum absolute atomic E-state index is 12.3. The van der Waals surface area contributed by atoms with Crippen LogP contribution in [0.25, 0.3) is 0 Å². The minimum Gasteiger partial charge on any atom is -0.345 e. The van der Waals surface area contributed by atoms with E-state index in [1.165, 1.54) is 31.3 Å². The molecule has 1 amide bonds. The Morgan fingerprint density at radius 2 is 1.90 bits per heavy atom. The van der Waals surface area contributed by atoms with Crippen molar-refractivity contribution < 1.29 is 13.2 Å². The first-order valence-corrected chi connectivity index (χ1v) is 8.37. The van der Waals surface area contributed by atoms with Gasteiger partial charge in [0.05, 0.1) is 10.4 Å². The highest BCUT2D eigenvalue weighted by Gasteiger charge is 2.41. The minimum absolute atomic E-state index is 0.130. The Hall–Kier alpha value is -1.44. The number of benzene rings is 1. The Morgan fingerprint density at radius 1 is 1.33 bits per heavy atom. The van der Waals surface area contributed by atoms with Gasteiger partial charge in [0.2, 0.25) is 10.0 Å². The third-order valence-electron chi connectivity index (χ3n) is 4.00. The van der Waals surface area contributed by atoms with Crippen LogP contribution in [0, 0.1) is 5.92 Å². The van der Waals surface area contributed by atoms with Gasteiger partial charge in [-0.3, -0.25) is 4.79 Å². The van der Waals surface area contributed by atoms with Gasteiger partial charge < -0.3 is 11.1 Å². The minimum atomic E-state index is -3.49. The molecule has 1 aliphatic rings. The van der Waals surface area contributed by atoms with Crippen LogP contribution in [0.3, 0.4) is 0 Å². The van der Waals surface area contributed by atoms with Crippen LogP contribution in [-0.4, -0.2) is 33.5 Å². The van der Waals surface area contributed by atoms with Gasteiger partial charge in [0.25, 0.3) is 5.91 Å². The van der Waals surface area contributed by atoms with Crippen LogP contribution in [0.4, 0.5) is 0 Å². The Kier molecular flexibility index (Phi) is 4.36. The summed E-state index contributed by atoms with van der Waals surface area (Å²) in [4.78, 5) is 12.4. The first kappa shape index (κ1) is 15.9. The van der Waals surface area contributed by atoms with Crippen LogP contribution in [0.5, 0.6) is 0 Å². The molecule has 1 unspecified atom stereocenters. The maximum Gasteiger partial charge on any atom is 0.251 e. The van der Waals surface area contributed by atoms with E-state index in [0.29, 0.717) is 18.0 Å². The lowest BCUT2D eigenvalue weighted by molar-refractivity contribution is 0.0897. The van der Waals surface area contributed by atoms with E-state index >= 15 is 0 Å². The Balaban J connectivity index is 2.13. The predicted molar refractivity (Wildman–Crippen MR) is 80.3 cm³/mol. The van der Waals surface area contributed by atoms with Crippen molar-refractivity contribution >= 4 is 15.9 Å². The summed E-state index contributed by atoms with van der Waals surface area (Å²) in [5.74, 6) is 0.193. The summed E-state index contributed by atoms with van der Waals surface area (Å²) in [6.45, 7) is 2.33. The van der Waals surface area contributed by atoms with E-state index in [-0.39, 0.29) is 10.8 Å². The highest BCUT2D eigenvalue weighted by atomic mass is 32.2. The normalized spacial score (nSPS) is 18.0. The number of carbonyl (C=O) groups is 1. The monoisotopic (exact) mass is 311 g/mol. The molecule has 7 heteroatoms. The van der Waals surface area contributed by atoms with Crippen molar-refractivity contribution in [2.45, 2.75) is 30.2 Å². The third kappa shape index (κ3) is 3.42. The molecule has 21 heavy (non-hydrogen) atoms. The van der Waals surface area contributed by atoms with Crippen molar-refractivity contribution in [2.75, 3.05) is 13.6 Å². The number of hydrogen-bond donors (Lipinski definition) is 3. The van der Waals surface area contributed by atoms with Gasteiger partial charge in [-0.2, -0.15) is 0 Å². The lowest BCUT2D eigenvalue weighted by Gasteiger charge is -2.29. The zero-order chi connectivity index (χ0) is 15.7. The molecule has 0 aromatic heterocycles. The Bertz CT molecular complexity index is 623. The SMILES string of the molecule is CNS(=O)(=O)c1ccc(C(=O)NC(C)(CN)C2CC2)cc1. The second-order valence-corrected chi connectivity index (χ2v) is 7.47. The third-order valence-corrected chi connectivity index (χ3v) is 5.43. The fraction of sp³-hybridized carbons (Fsp3) is 0.500. The quantitative estimate of drug-likeness (QED) is 0.710. The van der Waals surface area contributed by atoms with Gasteiger partial charge in [0.15, 0.2) is 0 Å². The second-order valence-electron chi connectivity index (χ2n) is 5.58. The highest BCUT2D eigenvalue weighted by Crippen LogP contribution is 2.39. The van der Waals surface area contributed by atoms with Crippen LogP contribution in [0.2, 0.25) is 0 Å². The van der Waals surface area contributed by atoms with E-state index in [4.69, 9.17) is 5.73 Å². The van der Waals surface area contributed by atoms with Crippen molar-refractivity contribution in [1.82, 2.24) is 10.0 Å². The molecular formula is C14H21N3O3S. The molecule has 0 heterocycles. The molecular weight excluding hydrogens is 290 g/mol. The van der Waals surface area contributed by atoms with Crippen LogP contribution in [0.1, 0.15) is 30.1 Å². The number of amides is 1. The number of nitrogens with two attached hydrogens (primary N) is 1. The van der Waals surface area contributed by atoms with E-state index in [1.54, 1.807) is 0 Å². The van der Waals surface area contributed by atoms with Crippen molar-refractivity contribution in [2.24, 2.45) is 11.7 Å². The van der Waals surface area contributed by atoms with Gasteiger partial charge in [0, 0.05) is 12.1 Å². The Labute approximate surface area is 125 Å². The molecule has 1 aromatic carbocycles. The summed E-state index contributed by atoms with van der Waals surface area (Å²) >= 11 is 0. The summed E-state index contributed by atoms with van der Waals surface area (Å²) in [5, 5.41) is 2.96. The molecule has 0 aliphatic heterocycles. The standard InChI is InChI=1S/C14H21N3O3S/c1-14(9-15,11-5-6-11)17-13(18)10-3-7-12(8-4-10)21(19,20)16-2/h3-4,7-8,11,16H,5-6,9,15H2,1-2H3,(H,17,18). The molecule has 4 N–H and O–H groups in total. The van der Waals surface area contributed by atoms with E-state index in [0.717, 1.165) is 12.8 Å². The highest BCUT2D eigenvalue weighted by molar-refractivity contribution is 7.89. The van der Waals surface area contributed by atoms with Crippen molar-refractivity contribution in [1.29, 1.82) is 0 Å². The van der Waals surface area contributed by atoms with Crippen LogP contribution in [-0.2, 0) is 10.0 Å². The molecule has 0 radical (unpaired) electrons. The number of carbonyl (C=O) groups excluding carboxylic acids is 1. The van der Waals surface area contributed by atoms with Crippen LogP contribution in [0.15, 0.2) is 29.2 Å². The van der Waals surface area contributed by atoms with Gasteiger partial charge in [-0.25, -0.2) is 13.1 Å². The molecule has 0 saturated heterocycles. The van der Waals surface area contributed by atoms with E-state index < -0.39 is 15.6 Å². The fourth-order valence-corrected chi connectivity index (χ4v) is 3.01. The fourth-order valence-electron chi connectivity index (χ4n) is 2.28. The summed E-state index contributed by atoms with van der Waals surface area (Å²) in [5.41, 5.74) is 5.80. The second kappa shape index (κ2) is 5.75. The number of rotatable bonds is 6. The van der Waals surface area contributed by atoms with Gasteiger partial charge in [-0.05, 0) is 57.0 Å². The van der Waals surface area contributed by atoms with E-state index in [9.17, 15) is 13.2 Å². The number of hydrogen-bond acceptors (Lipinski definition) is 4. The zero-order valence-electron chi connectivity index (χ0n) is 12.2. The molecule has 1 atom stereocenters. The van der Waals surface area contributed by atoms with Gasteiger partial charge in [0.1, 0.15) is 0 Å². The van der Waals surface area contributed by atoms with Crippen LogP contribution >= 0.6 is 0 Å². The predicted octanol–water partition coefficient (Wildman–Crippen LogP) is 0.452. The largest absolute Gasteiger partial charge is 0.345 e. The Morgan fingerprint density at radius 3 is 2.33 bits per heavy atom. The van der Waals surface area contributed by atoms with Crippen molar-refractivity contribution in [3.05, 3.63) is 29.8 Å². The maximum atomic E-state index is 12.3. The molecule has 6 nitrogen and oxygen atoms in total. The van der Waals surface area contributed by atoms with Gasteiger partial charge in [-0.15, -0.1) is 0 Å². The van der Waals surface area contributed by atoms with Crippen LogP contribution < -0.4 is 15.8 Å². The molecule has 1 aliphatic carbocycles. The summed E-state index contributed by atoms with van der Waals surface area (Å²) in [7, 11) is -2.14. The number of sulfonamides is 1. The lowest BCUT2D eigenvalue weighted by Crippen LogP contribution is -2.53. The summed E-state index contributed by atoms with van der Waals surface area (Å²) in [6.07, 6.45) is 2.15. The lowest BCUT2D eigenvalue weighted by atomic mass is 9.95. The topological polar surface area (TPSA) is 101 Å². The van der Waals surface area contributed by atoms with E-state index in [1.807, 2.05) is 6.92 Å².